The third-order valence-electron chi connectivity index (χ3n) is 2.76. The number of carbonyl (C=O) groups excluding carboxylic acids is 1. The predicted molar refractivity (Wildman–Crippen MR) is 60.5 cm³/mol. The van der Waals surface area contributed by atoms with Gasteiger partial charge in [-0.3, -0.25) is 4.79 Å². The first-order valence-electron chi connectivity index (χ1n) is 6.24. The van der Waals surface area contributed by atoms with Gasteiger partial charge in [-0.2, -0.15) is 0 Å². The van der Waals surface area contributed by atoms with Crippen LogP contribution in [0.4, 0.5) is 0 Å². The van der Waals surface area contributed by atoms with E-state index in [9.17, 15) is 4.79 Å². The zero-order valence-electron chi connectivity index (χ0n) is 9.76. The van der Waals surface area contributed by atoms with Gasteiger partial charge in [0.1, 0.15) is 6.23 Å². The van der Waals surface area contributed by atoms with E-state index in [-0.39, 0.29) is 12.1 Å². The summed E-state index contributed by atoms with van der Waals surface area (Å²) < 4.78 is 5.65. The van der Waals surface area contributed by atoms with Crippen molar-refractivity contribution in [1.29, 1.82) is 0 Å². The van der Waals surface area contributed by atoms with Crippen molar-refractivity contribution in [2.45, 2.75) is 64.5 Å². The standard InChI is InChI=1S/C12H23NO2/c1-2-3-10-15-12-9-7-5-4-6-8-11(14)13-12/h12H,2-10H2,1H3,(H,13,14). The van der Waals surface area contributed by atoms with Gasteiger partial charge in [-0.05, 0) is 25.7 Å². The van der Waals surface area contributed by atoms with Crippen molar-refractivity contribution >= 4 is 5.91 Å². The van der Waals surface area contributed by atoms with Crippen LogP contribution in [-0.2, 0) is 9.53 Å². The van der Waals surface area contributed by atoms with Gasteiger partial charge in [-0.15, -0.1) is 0 Å². The number of carbonyl (C=O) groups is 1. The molecule has 1 aliphatic heterocycles. The van der Waals surface area contributed by atoms with E-state index in [1.807, 2.05) is 0 Å². The number of rotatable bonds is 4. The Balaban J connectivity index is 2.27. The van der Waals surface area contributed by atoms with Crippen molar-refractivity contribution < 1.29 is 9.53 Å². The number of unbranched alkanes of at least 4 members (excludes halogenated alkanes) is 1. The van der Waals surface area contributed by atoms with Crippen molar-refractivity contribution in [3.05, 3.63) is 0 Å². The summed E-state index contributed by atoms with van der Waals surface area (Å²) in [6.07, 6.45) is 8.39. The van der Waals surface area contributed by atoms with E-state index in [0.29, 0.717) is 6.42 Å². The van der Waals surface area contributed by atoms with E-state index >= 15 is 0 Å². The van der Waals surface area contributed by atoms with Crippen LogP contribution in [0.15, 0.2) is 0 Å². The zero-order chi connectivity index (χ0) is 10.9. The second-order valence-corrected chi connectivity index (χ2v) is 4.23. The molecule has 0 bridgehead atoms. The molecule has 1 rings (SSSR count). The fourth-order valence-corrected chi connectivity index (χ4v) is 1.79. The van der Waals surface area contributed by atoms with Crippen molar-refractivity contribution in [3.63, 3.8) is 0 Å². The minimum Gasteiger partial charge on any atom is -0.359 e. The largest absolute Gasteiger partial charge is 0.359 e. The fourth-order valence-electron chi connectivity index (χ4n) is 1.79. The van der Waals surface area contributed by atoms with Gasteiger partial charge < -0.3 is 10.1 Å². The Morgan fingerprint density at radius 3 is 2.93 bits per heavy atom. The minimum absolute atomic E-state index is 0.0397. The molecule has 1 aliphatic rings. The maximum absolute atomic E-state index is 11.4. The molecule has 88 valence electrons. The lowest BCUT2D eigenvalue weighted by atomic mass is 10.1. The highest BCUT2D eigenvalue weighted by Crippen LogP contribution is 2.11. The van der Waals surface area contributed by atoms with Gasteiger partial charge in [0.25, 0.3) is 0 Å². The highest BCUT2D eigenvalue weighted by atomic mass is 16.5. The van der Waals surface area contributed by atoms with Gasteiger partial charge in [0.2, 0.25) is 5.91 Å². The summed E-state index contributed by atoms with van der Waals surface area (Å²) in [4.78, 5) is 11.4. The van der Waals surface area contributed by atoms with Crippen LogP contribution in [0.3, 0.4) is 0 Å². The van der Waals surface area contributed by atoms with Crippen LogP contribution in [0.1, 0.15) is 58.3 Å². The predicted octanol–water partition coefficient (Wildman–Crippen LogP) is 2.60. The van der Waals surface area contributed by atoms with E-state index in [4.69, 9.17) is 4.74 Å². The molecule has 1 atom stereocenters. The van der Waals surface area contributed by atoms with Crippen molar-refractivity contribution in [1.82, 2.24) is 5.32 Å². The first-order chi connectivity index (χ1) is 7.33. The molecule has 3 heteroatoms. The molecule has 0 saturated carbocycles. The molecule has 0 aromatic carbocycles. The van der Waals surface area contributed by atoms with E-state index < -0.39 is 0 Å². The fraction of sp³-hybridized carbons (Fsp3) is 0.917. The van der Waals surface area contributed by atoms with E-state index in [1.54, 1.807) is 0 Å². The number of ether oxygens (including phenoxy) is 1. The highest BCUT2D eigenvalue weighted by Gasteiger charge is 2.13. The maximum atomic E-state index is 11.4. The lowest BCUT2D eigenvalue weighted by molar-refractivity contribution is -0.125. The first-order valence-corrected chi connectivity index (χ1v) is 6.24. The summed E-state index contributed by atoms with van der Waals surface area (Å²) in [5.74, 6) is 0.151. The molecule has 0 spiro atoms. The Labute approximate surface area is 92.6 Å². The van der Waals surface area contributed by atoms with Crippen molar-refractivity contribution in [3.8, 4) is 0 Å². The van der Waals surface area contributed by atoms with Gasteiger partial charge in [-0.1, -0.05) is 26.2 Å². The van der Waals surface area contributed by atoms with Gasteiger partial charge in [0.15, 0.2) is 0 Å². The Morgan fingerprint density at radius 1 is 1.33 bits per heavy atom. The molecule has 0 aromatic rings. The highest BCUT2D eigenvalue weighted by molar-refractivity contribution is 5.76. The van der Waals surface area contributed by atoms with E-state index in [1.165, 1.54) is 12.8 Å². The lowest BCUT2D eigenvalue weighted by Gasteiger charge is -2.18. The average molecular weight is 213 g/mol. The van der Waals surface area contributed by atoms with Gasteiger partial charge in [0.05, 0.1) is 0 Å². The molecule has 15 heavy (non-hydrogen) atoms. The van der Waals surface area contributed by atoms with Gasteiger partial charge in [-0.25, -0.2) is 0 Å². The quantitative estimate of drug-likeness (QED) is 0.729. The normalized spacial score (nSPS) is 23.8. The molecule has 0 aromatic heterocycles. The molecule has 1 heterocycles. The SMILES string of the molecule is CCCCOC1CCCCCCC(=O)N1. The van der Waals surface area contributed by atoms with Crippen LogP contribution >= 0.6 is 0 Å². The third-order valence-corrected chi connectivity index (χ3v) is 2.76. The van der Waals surface area contributed by atoms with Crippen LogP contribution in [-0.4, -0.2) is 18.7 Å². The second-order valence-electron chi connectivity index (χ2n) is 4.23. The molecule has 0 aliphatic carbocycles. The topological polar surface area (TPSA) is 38.3 Å². The zero-order valence-corrected chi connectivity index (χ0v) is 9.76. The summed E-state index contributed by atoms with van der Waals surface area (Å²) in [5.41, 5.74) is 0. The molecule has 1 fully saturated rings. The monoisotopic (exact) mass is 213 g/mol. The summed E-state index contributed by atoms with van der Waals surface area (Å²) in [6, 6.07) is 0. The molecule has 1 N–H and O–H groups in total. The molecule has 1 amide bonds. The van der Waals surface area contributed by atoms with E-state index in [0.717, 1.165) is 38.7 Å². The van der Waals surface area contributed by atoms with Crippen LogP contribution in [0.25, 0.3) is 0 Å². The molecule has 0 radical (unpaired) electrons. The number of amides is 1. The number of hydrogen-bond donors (Lipinski definition) is 1. The molecular weight excluding hydrogens is 190 g/mol. The summed E-state index contributed by atoms with van der Waals surface area (Å²) >= 11 is 0. The summed E-state index contributed by atoms with van der Waals surface area (Å²) in [5, 5.41) is 2.96. The smallest absolute Gasteiger partial charge is 0.221 e. The average Bonchev–Trinajstić information content (AvgIpc) is 2.31. The number of hydrogen-bond acceptors (Lipinski definition) is 2. The Bertz CT molecular complexity index is 182. The van der Waals surface area contributed by atoms with Crippen molar-refractivity contribution in [2.24, 2.45) is 0 Å². The van der Waals surface area contributed by atoms with Crippen LogP contribution in [0.5, 0.6) is 0 Å². The minimum atomic E-state index is -0.0397. The third kappa shape index (κ3) is 5.78. The van der Waals surface area contributed by atoms with Gasteiger partial charge in [0, 0.05) is 13.0 Å². The number of nitrogens with one attached hydrogen (secondary N) is 1. The maximum Gasteiger partial charge on any atom is 0.221 e. The summed E-state index contributed by atoms with van der Waals surface area (Å²) in [7, 11) is 0. The molecule has 3 nitrogen and oxygen atoms in total. The molecule has 1 saturated heterocycles. The Hall–Kier alpha value is -0.570. The van der Waals surface area contributed by atoms with E-state index in [2.05, 4.69) is 12.2 Å². The Morgan fingerprint density at radius 2 is 2.13 bits per heavy atom. The van der Waals surface area contributed by atoms with Crippen LogP contribution in [0.2, 0.25) is 0 Å². The summed E-state index contributed by atoms with van der Waals surface area (Å²) in [6.45, 7) is 2.91. The van der Waals surface area contributed by atoms with Crippen LogP contribution < -0.4 is 5.32 Å². The molecular formula is C12H23NO2. The van der Waals surface area contributed by atoms with Gasteiger partial charge >= 0.3 is 0 Å². The van der Waals surface area contributed by atoms with Crippen LogP contribution in [0, 0.1) is 0 Å². The first kappa shape index (κ1) is 12.5. The Kier molecular flexibility index (Phi) is 6.41. The van der Waals surface area contributed by atoms with Crippen molar-refractivity contribution in [2.75, 3.05) is 6.61 Å². The second kappa shape index (κ2) is 7.69. The lowest BCUT2D eigenvalue weighted by Crippen LogP contribution is -2.36. The molecule has 1 unspecified atom stereocenters.